The third kappa shape index (κ3) is 6.82. The molecular weight excluding hydrogens is 364 g/mol. The molecule has 6 heteroatoms. The van der Waals surface area contributed by atoms with E-state index in [-0.39, 0.29) is 11.8 Å². The summed E-state index contributed by atoms with van der Waals surface area (Å²) in [6.45, 7) is 2.35. The van der Waals surface area contributed by atoms with Crippen LogP contribution in [-0.2, 0) is 4.79 Å². The highest BCUT2D eigenvalue weighted by Gasteiger charge is 2.23. The second kappa shape index (κ2) is 11.1. The molecule has 0 aliphatic carbocycles. The minimum Gasteiger partial charge on any atom is -0.353 e. The van der Waals surface area contributed by atoms with Gasteiger partial charge in [0.25, 0.3) is 5.91 Å². The van der Waals surface area contributed by atoms with E-state index in [1.807, 2.05) is 35.2 Å². The van der Waals surface area contributed by atoms with Crippen molar-refractivity contribution in [3.8, 4) is 0 Å². The van der Waals surface area contributed by atoms with E-state index in [2.05, 4.69) is 15.3 Å². The van der Waals surface area contributed by atoms with Crippen molar-refractivity contribution < 1.29 is 9.59 Å². The molecule has 1 aromatic carbocycles. The summed E-state index contributed by atoms with van der Waals surface area (Å²) >= 11 is 0. The molecule has 0 bridgehead atoms. The fourth-order valence-corrected chi connectivity index (χ4v) is 3.59. The summed E-state index contributed by atoms with van der Waals surface area (Å²) in [4.78, 5) is 34.1. The third-order valence-corrected chi connectivity index (χ3v) is 5.27. The molecule has 6 nitrogen and oxygen atoms in total. The number of carbonyl (C=O) groups is 2. The molecule has 152 valence electrons. The molecule has 3 rings (SSSR count). The highest BCUT2D eigenvalue weighted by atomic mass is 16.2. The average Bonchev–Trinajstić information content (AvgIpc) is 2.79. The number of piperidine rings is 1. The Labute approximate surface area is 172 Å². The number of nitrogens with one attached hydrogen (secondary N) is 1. The van der Waals surface area contributed by atoms with Crippen molar-refractivity contribution in [3.05, 3.63) is 66.3 Å². The van der Waals surface area contributed by atoms with Crippen LogP contribution in [0.15, 0.2) is 55.1 Å². The molecule has 1 N–H and O–H groups in total. The Morgan fingerprint density at radius 1 is 1.07 bits per heavy atom. The summed E-state index contributed by atoms with van der Waals surface area (Å²) in [5, 5.41) is 2.91. The van der Waals surface area contributed by atoms with E-state index >= 15 is 0 Å². The van der Waals surface area contributed by atoms with Gasteiger partial charge in [-0.2, -0.15) is 0 Å². The van der Waals surface area contributed by atoms with Gasteiger partial charge >= 0.3 is 0 Å². The molecule has 0 atom stereocenters. The number of unbranched alkanes of at least 4 members (excludes halogenated alkanes) is 1. The molecule has 0 radical (unpaired) electrons. The lowest BCUT2D eigenvalue weighted by molar-refractivity contribution is -0.116. The van der Waals surface area contributed by atoms with E-state index in [1.165, 1.54) is 12.4 Å². The first kappa shape index (κ1) is 20.7. The molecule has 2 aromatic rings. The molecule has 0 saturated carbocycles. The third-order valence-electron chi connectivity index (χ3n) is 5.27. The van der Waals surface area contributed by atoms with Gasteiger partial charge in [0.05, 0.1) is 0 Å². The summed E-state index contributed by atoms with van der Waals surface area (Å²) < 4.78 is 0. The van der Waals surface area contributed by atoms with E-state index in [0.29, 0.717) is 12.5 Å². The van der Waals surface area contributed by atoms with Crippen LogP contribution in [0, 0.1) is 5.92 Å². The molecule has 0 spiro atoms. The number of carbonyl (C=O) groups excluding carboxylic acids is 2. The number of amides is 2. The van der Waals surface area contributed by atoms with Crippen molar-refractivity contribution >= 4 is 17.9 Å². The molecule has 1 fully saturated rings. The fraction of sp³-hybridized carbons (Fsp3) is 0.391. The van der Waals surface area contributed by atoms with Gasteiger partial charge in [0.2, 0.25) is 5.91 Å². The molecule has 1 aliphatic heterocycles. The SMILES string of the molecule is O=C(/C=C/c1cncnc1)NCCCCC1CCN(C(=O)c2ccccc2)CC1. The topological polar surface area (TPSA) is 75.2 Å². The van der Waals surface area contributed by atoms with Crippen LogP contribution in [-0.4, -0.2) is 46.3 Å². The van der Waals surface area contributed by atoms with Gasteiger partial charge in [-0.15, -0.1) is 0 Å². The molecule has 1 aliphatic rings. The zero-order chi connectivity index (χ0) is 20.3. The van der Waals surface area contributed by atoms with Crippen LogP contribution in [0.25, 0.3) is 6.08 Å². The second-order valence-electron chi connectivity index (χ2n) is 7.39. The number of benzene rings is 1. The highest BCUT2D eigenvalue weighted by Crippen LogP contribution is 2.23. The number of hydrogen-bond donors (Lipinski definition) is 1. The van der Waals surface area contributed by atoms with Gasteiger partial charge in [0, 0.05) is 49.2 Å². The maximum Gasteiger partial charge on any atom is 0.253 e. The molecular formula is C23H28N4O2. The van der Waals surface area contributed by atoms with Gasteiger partial charge in [-0.05, 0) is 43.4 Å². The second-order valence-corrected chi connectivity index (χ2v) is 7.39. The lowest BCUT2D eigenvalue weighted by atomic mass is 9.91. The van der Waals surface area contributed by atoms with Crippen LogP contribution < -0.4 is 5.32 Å². The van der Waals surface area contributed by atoms with Gasteiger partial charge in [0.1, 0.15) is 6.33 Å². The number of rotatable bonds is 8. The number of aromatic nitrogens is 2. The van der Waals surface area contributed by atoms with Crippen molar-refractivity contribution in [1.29, 1.82) is 0 Å². The Hall–Kier alpha value is -3.02. The molecule has 2 amide bonds. The standard InChI is InChI=1S/C23H28N4O2/c28-22(10-9-20-16-24-18-25-17-20)26-13-5-4-6-19-11-14-27(15-12-19)23(29)21-7-2-1-3-8-21/h1-3,7-10,16-19H,4-6,11-15H2,(H,26,28)/b10-9+. The first-order valence-electron chi connectivity index (χ1n) is 10.3. The van der Waals surface area contributed by atoms with Crippen LogP contribution in [0.5, 0.6) is 0 Å². The number of likely N-dealkylation sites (tertiary alicyclic amines) is 1. The minimum atomic E-state index is -0.0958. The van der Waals surface area contributed by atoms with Crippen molar-refractivity contribution in [1.82, 2.24) is 20.2 Å². The van der Waals surface area contributed by atoms with Gasteiger partial charge in [0.15, 0.2) is 0 Å². The minimum absolute atomic E-state index is 0.0958. The van der Waals surface area contributed by atoms with Crippen molar-refractivity contribution in [2.45, 2.75) is 32.1 Å². The Kier molecular flexibility index (Phi) is 7.92. The predicted molar refractivity (Wildman–Crippen MR) is 113 cm³/mol. The zero-order valence-corrected chi connectivity index (χ0v) is 16.7. The van der Waals surface area contributed by atoms with Crippen LogP contribution >= 0.6 is 0 Å². The van der Waals surface area contributed by atoms with E-state index in [4.69, 9.17) is 0 Å². The van der Waals surface area contributed by atoms with Crippen molar-refractivity contribution in [2.24, 2.45) is 5.92 Å². The first-order valence-corrected chi connectivity index (χ1v) is 10.3. The van der Waals surface area contributed by atoms with Crippen LogP contribution in [0.4, 0.5) is 0 Å². The van der Waals surface area contributed by atoms with E-state index in [9.17, 15) is 9.59 Å². The monoisotopic (exact) mass is 392 g/mol. The maximum absolute atomic E-state index is 12.5. The summed E-state index contributed by atoms with van der Waals surface area (Å²) in [5.74, 6) is 0.715. The van der Waals surface area contributed by atoms with E-state index in [0.717, 1.165) is 56.3 Å². The lowest BCUT2D eigenvalue weighted by Gasteiger charge is -2.32. The molecule has 1 saturated heterocycles. The molecule has 29 heavy (non-hydrogen) atoms. The maximum atomic E-state index is 12.5. The van der Waals surface area contributed by atoms with Crippen LogP contribution in [0.3, 0.4) is 0 Å². The summed E-state index contributed by atoms with van der Waals surface area (Å²) in [5.41, 5.74) is 1.58. The zero-order valence-electron chi connectivity index (χ0n) is 16.7. The summed E-state index contributed by atoms with van der Waals surface area (Å²) in [6.07, 6.45) is 13.3. The van der Waals surface area contributed by atoms with E-state index < -0.39 is 0 Å². The van der Waals surface area contributed by atoms with Crippen LogP contribution in [0.1, 0.15) is 48.0 Å². The fourth-order valence-electron chi connectivity index (χ4n) is 3.59. The van der Waals surface area contributed by atoms with Gasteiger partial charge in [-0.3, -0.25) is 9.59 Å². The normalized spacial score (nSPS) is 14.8. The van der Waals surface area contributed by atoms with Crippen molar-refractivity contribution in [3.63, 3.8) is 0 Å². The number of nitrogens with zero attached hydrogens (tertiary/aromatic N) is 3. The van der Waals surface area contributed by atoms with Gasteiger partial charge < -0.3 is 10.2 Å². The Morgan fingerprint density at radius 3 is 2.52 bits per heavy atom. The Balaban J connectivity index is 1.27. The Bertz CT molecular complexity index is 800. The van der Waals surface area contributed by atoms with Gasteiger partial charge in [-0.1, -0.05) is 31.0 Å². The first-order chi connectivity index (χ1) is 14.2. The Morgan fingerprint density at radius 2 is 1.79 bits per heavy atom. The highest BCUT2D eigenvalue weighted by molar-refractivity contribution is 5.94. The molecule has 0 unspecified atom stereocenters. The molecule has 2 heterocycles. The largest absolute Gasteiger partial charge is 0.353 e. The van der Waals surface area contributed by atoms with Crippen molar-refractivity contribution in [2.75, 3.05) is 19.6 Å². The smallest absolute Gasteiger partial charge is 0.253 e. The summed E-state index contributed by atoms with van der Waals surface area (Å²) in [6, 6.07) is 9.51. The van der Waals surface area contributed by atoms with Crippen LogP contribution in [0.2, 0.25) is 0 Å². The van der Waals surface area contributed by atoms with E-state index in [1.54, 1.807) is 18.5 Å². The predicted octanol–water partition coefficient (Wildman–Crippen LogP) is 3.33. The number of hydrogen-bond acceptors (Lipinski definition) is 4. The average molecular weight is 393 g/mol. The molecule has 1 aromatic heterocycles. The van der Waals surface area contributed by atoms with Gasteiger partial charge in [-0.25, -0.2) is 9.97 Å². The quantitative estimate of drug-likeness (QED) is 0.552. The lowest BCUT2D eigenvalue weighted by Crippen LogP contribution is -2.38. The summed E-state index contributed by atoms with van der Waals surface area (Å²) in [7, 11) is 0.